The van der Waals surface area contributed by atoms with E-state index in [9.17, 15) is 0 Å². The summed E-state index contributed by atoms with van der Waals surface area (Å²) in [4.78, 5) is 0. The Morgan fingerprint density at radius 1 is 1.32 bits per heavy atom. The minimum Gasteiger partial charge on any atom is -0.381 e. The van der Waals surface area contributed by atoms with Gasteiger partial charge in [0.1, 0.15) is 0 Å². The molecule has 0 heterocycles. The molecule has 1 saturated carbocycles. The van der Waals surface area contributed by atoms with Crippen LogP contribution in [0, 0.1) is 11.8 Å². The van der Waals surface area contributed by atoms with Gasteiger partial charge in [-0.2, -0.15) is 0 Å². The van der Waals surface area contributed by atoms with Crippen molar-refractivity contribution in [3.8, 4) is 0 Å². The van der Waals surface area contributed by atoms with E-state index in [4.69, 9.17) is 16.3 Å². The molecule has 1 aromatic rings. The van der Waals surface area contributed by atoms with E-state index in [-0.39, 0.29) is 0 Å². The second-order valence-corrected chi connectivity index (χ2v) is 5.92. The number of nitrogens with one attached hydrogen (secondary N) is 1. The van der Waals surface area contributed by atoms with E-state index in [0.717, 1.165) is 43.7 Å². The predicted molar refractivity (Wildman–Crippen MR) is 80.7 cm³/mol. The number of halogens is 1. The summed E-state index contributed by atoms with van der Waals surface area (Å²) in [7, 11) is 0. The van der Waals surface area contributed by atoms with Gasteiger partial charge in [0, 0.05) is 18.2 Å². The Kier molecular flexibility index (Phi) is 6.15. The zero-order valence-corrected chi connectivity index (χ0v) is 12.5. The first-order valence-corrected chi connectivity index (χ1v) is 7.68. The fourth-order valence-electron chi connectivity index (χ4n) is 2.18. The first-order valence-electron chi connectivity index (χ1n) is 7.30. The van der Waals surface area contributed by atoms with Gasteiger partial charge in [-0.1, -0.05) is 30.7 Å². The van der Waals surface area contributed by atoms with Crippen LogP contribution in [0.2, 0.25) is 5.02 Å². The van der Waals surface area contributed by atoms with E-state index < -0.39 is 0 Å². The molecule has 1 aromatic carbocycles. The summed E-state index contributed by atoms with van der Waals surface area (Å²) in [6.07, 6.45) is 3.76. The maximum atomic E-state index is 5.92. The second kappa shape index (κ2) is 7.88. The lowest BCUT2D eigenvalue weighted by molar-refractivity contribution is 0.0909. The van der Waals surface area contributed by atoms with E-state index in [0.29, 0.717) is 5.92 Å². The van der Waals surface area contributed by atoms with Crippen LogP contribution in [0.15, 0.2) is 24.3 Å². The Morgan fingerprint density at radius 2 is 2.05 bits per heavy atom. The summed E-state index contributed by atoms with van der Waals surface area (Å²) in [5.41, 5.74) is 1.34. The van der Waals surface area contributed by atoms with Crippen LogP contribution in [0.25, 0.3) is 0 Å². The molecule has 0 aliphatic heterocycles. The Bertz CT molecular complexity index is 362. The van der Waals surface area contributed by atoms with Crippen molar-refractivity contribution in [1.29, 1.82) is 0 Å². The van der Waals surface area contributed by atoms with Gasteiger partial charge in [-0.15, -0.1) is 0 Å². The van der Waals surface area contributed by atoms with Crippen LogP contribution in [-0.4, -0.2) is 26.3 Å². The Labute approximate surface area is 121 Å². The first-order chi connectivity index (χ1) is 9.28. The van der Waals surface area contributed by atoms with Crippen LogP contribution in [0.4, 0.5) is 0 Å². The van der Waals surface area contributed by atoms with Gasteiger partial charge in [-0.05, 0) is 55.3 Å². The molecule has 0 bridgehead atoms. The van der Waals surface area contributed by atoms with E-state index >= 15 is 0 Å². The fourth-order valence-corrected chi connectivity index (χ4v) is 2.30. The minimum atomic E-state index is 0.542. The topological polar surface area (TPSA) is 21.3 Å². The van der Waals surface area contributed by atoms with Gasteiger partial charge in [0.15, 0.2) is 0 Å². The molecule has 3 heteroatoms. The summed E-state index contributed by atoms with van der Waals surface area (Å²) < 4.78 is 5.85. The molecule has 0 aromatic heterocycles. The highest BCUT2D eigenvalue weighted by atomic mass is 35.5. The van der Waals surface area contributed by atoms with Crippen LogP contribution < -0.4 is 5.32 Å². The van der Waals surface area contributed by atoms with Crippen molar-refractivity contribution in [3.05, 3.63) is 34.9 Å². The summed E-state index contributed by atoms with van der Waals surface area (Å²) in [6.45, 7) is 5.98. The van der Waals surface area contributed by atoms with E-state index in [1.54, 1.807) is 0 Å². The molecule has 0 saturated heterocycles. The Morgan fingerprint density at radius 3 is 2.68 bits per heavy atom. The molecule has 1 fully saturated rings. The van der Waals surface area contributed by atoms with Crippen molar-refractivity contribution in [1.82, 2.24) is 5.32 Å². The lowest BCUT2D eigenvalue weighted by atomic mass is 10.00. The van der Waals surface area contributed by atoms with Gasteiger partial charge in [-0.25, -0.2) is 0 Å². The third kappa shape index (κ3) is 5.94. The number of benzene rings is 1. The van der Waals surface area contributed by atoms with Crippen LogP contribution in [0.3, 0.4) is 0 Å². The highest BCUT2D eigenvalue weighted by Crippen LogP contribution is 2.29. The number of rotatable bonds is 9. The second-order valence-electron chi connectivity index (χ2n) is 5.49. The average molecular weight is 282 g/mol. The molecule has 1 unspecified atom stereocenters. The maximum Gasteiger partial charge on any atom is 0.0509 e. The summed E-state index contributed by atoms with van der Waals surface area (Å²) in [5, 5.41) is 4.23. The maximum absolute atomic E-state index is 5.92. The van der Waals surface area contributed by atoms with Crippen molar-refractivity contribution in [2.24, 2.45) is 11.8 Å². The van der Waals surface area contributed by atoms with Gasteiger partial charge < -0.3 is 10.1 Å². The lowest BCUT2D eigenvalue weighted by Crippen LogP contribution is -2.27. The van der Waals surface area contributed by atoms with Crippen LogP contribution in [0.1, 0.15) is 25.3 Å². The van der Waals surface area contributed by atoms with Crippen LogP contribution >= 0.6 is 11.6 Å². The highest BCUT2D eigenvalue weighted by molar-refractivity contribution is 6.30. The number of hydrogen-bond acceptors (Lipinski definition) is 2. The largest absolute Gasteiger partial charge is 0.381 e. The third-order valence-corrected chi connectivity index (χ3v) is 3.78. The van der Waals surface area contributed by atoms with E-state index in [1.165, 1.54) is 18.4 Å². The van der Waals surface area contributed by atoms with Crippen LogP contribution in [-0.2, 0) is 11.2 Å². The summed E-state index contributed by atoms with van der Waals surface area (Å²) in [6, 6.07) is 8.16. The number of ether oxygens (including phenoxy) is 1. The standard InChI is InChI=1S/C16H24ClNO/c1-2-18-10-15(12-19-11-14-3-4-14)9-13-5-7-16(17)8-6-13/h5-8,14-15,18H,2-4,9-12H2,1H3. The van der Waals surface area contributed by atoms with Gasteiger partial charge in [0.2, 0.25) is 0 Å². The van der Waals surface area contributed by atoms with Gasteiger partial charge in [-0.3, -0.25) is 0 Å². The molecular formula is C16H24ClNO. The van der Waals surface area contributed by atoms with Gasteiger partial charge in [0.25, 0.3) is 0 Å². The van der Waals surface area contributed by atoms with Crippen molar-refractivity contribution >= 4 is 11.6 Å². The molecular weight excluding hydrogens is 258 g/mol. The molecule has 0 radical (unpaired) electrons. The van der Waals surface area contributed by atoms with Gasteiger partial charge >= 0.3 is 0 Å². The van der Waals surface area contributed by atoms with Crippen molar-refractivity contribution < 1.29 is 4.74 Å². The Hall–Kier alpha value is -0.570. The number of hydrogen-bond donors (Lipinski definition) is 1. The molecule has 19 heavy (non-hydrogen) atoms. The monoisotopic (exact) mass is 281 g/mol. The predicted octanol–water partition coefficient (Wildman–Crippen LogP) is 3.53. The molecule has 0 amide bonds. The van der Waals surface area contributed by atoms with E-state index in [1.807, 2.05) is 12.1 Å². The molecule has 106 valence electrons. The quantitative estimate of drug-likeness (QED) is 0.748. The molecule has 2 nitrogen and oxygen atoms in total. The normalized spacial score (nSPS) is 16.5. The van der Waals surface area contributed by atoms with Crippen molar-refractivity contribution in [2.45, 2.75) is 26.2 Å². The van der Waals surface area contributed by atoms with Gasteiger partial charge in [0.05, 0.1) is 6.61 Å². The molecule has 1 N–H and O–H groups in total. The average Bonchev–Trinajstić information content (AvgIpc) is 3.22. The lowest BCUT2D eigenvalue weighted by Gasteiger charge is -2.17. The van der Waals surface area contributed by atoms with Crippen LogP contribution in [0.5, 0.6) is 0 Å². The molecule has 1 aliphatic rings. The molecule has 1 aliphatic carbocycles. The SMILES string of the molecule is CCNCC(COCC1CC1)Cc1ccc(Cl)cc1. The molecule has 2 rings (SSSR count). The zero-order valence-electron chi connectivity index (χ0n) is 11.7. The minimum absolute atomic E-state index is 0.542. The smallest absolute Gasteiger partial charge is 0.0509 e. The molecule has 0 spiro atoms. The zero-order chi connectivity index (χ0) is 13.5. The summed E-state index contributed by atoms with van der Waals surface area (Å²) in [5.74, 6) is 1.38. The van der Waals surface area contributed by atoms with Crippen molar-refractivity contribution in [2.75, 3.05) is 26.3 Å². The highest BCUT2D eigenvalue weighted by Gasteiger charge is 2.21. The Balaban J connectivity index is 1.78. The third-order valence-electron chi connectivity index (χ3n) is 3.52. The van der Waals surface area contributed by atoms with E-state index in [2.05, 4.69) is 24.4 Å². The molecule has 1 atom stereocenters. The van der Waals surface area contributed by atoms with Crippen molar-refractivity contribution in [3.63, 3.8) is 0 Å². The first kappa shape index (κ1) is 14.8. The summed E-state index contributed by atoms with van der Waals surface area (Å²) >= 11 is 5.92. The fraction of sp³-hybridized carbons (Fsp3) is 0.625.